The van der Waals surface area contributed by atoms with Crippen molar-refractivity contribution in [1.82, 2.24) is 5.16 Å². The molecule has 0 saturated heterocycles. The van der Waals surface area contributed by atoms with Gasteiger partial charge in [0.1, 0.15) is 5.76 Å². The van der Waals surface area contributed by atoms with Crippen molar-refractivity contribution in [1.29, 1.82) is 0 Å². The fraction of sp³-hybridized carbons (Fsp3) is 0.375. The fourth-order valence-electron chi connectivity index (χ4n) is 0.895. The molecule has 0 aliphatic heterocycles. The van der Waals surface area contributed by atoms with Gasteiger partial charge in [-0.2, -0.15) is 0 Å². The molecule has 0 bridgehead atoms. The van der Waals surface area contributed by atoms with Crippen molar-refractivity contribution in [3.63, 3.8) is 0 Å². The molecule has 10 heavy (non-hydrogen) atoms. The second kappa shape index (κ2) is 2.69. The zero-order chi connectivity index (χ0) is 7.56. The highest BCUT2D eigenvalue weighted by Gasteiger charge is 2.02. The van der Waals surface area contributed by atoms with Crippen LogP contribution in [0.15, 0.2) is 10.6 Å². The van der Waals surface area contributed by atoms with E-state index in [0.717, 1.165) is 17.0 Å². The third-order valence-electron chi connectivity index (χ3n) is 1.42. The summed E-state index contributed by atoms with van der Waals surface area (Å²) in [6.07, 6.45) is 3.98. The smallest absolute Gasteiger partial charge is 0.141 e. The first-order valence-electron chi connectivity index (χ1n) is 3.31. The van der Waals surface area contributed by atoms with Gasteiger partial charge in [-0.1, -0.05) is 17.3 Å². The Morgan fingerprint density at radius 1 is 1.40 bits per heavy atom. The van der Waals surface area contributed by atoms with Crippen LogP contribution in [0.4, 0.5) is 0 Å². The van der Waals surface area contributed by atoms with Gasteiger partial charge in [-0.05, 0) is 20.8 Å². The van der Waals surface area contributed by atoms with Crippen molar-refractivity contribution in [3.8, 4) is 0 Å². The number of aryl methyl sites for hydroxylation is 2. The molecule has 0 amide bonds. The van der Waals surface area contributed by atoms with Gasteiger partial charge in [0.05, 0.1) is 5.69 Å². The van der Waals surface area contributed by atoms with E-state index in [9.17, 15) is 0 Å². The largest absolute Gasteiger partial charge is 0.361 e. The maximum absolute atomic E-state index is 4.95. The molecular weight excluding hydrogens is 126 g/mol. The highest BCUT2D eigenvalue weighted by molar-refractivity contribution is 5.52. The first-order valence-corrected chi connectivity index (χ1v) is 3.31. The van der Waals surface area contributed by atoms with Crippen molar-refractivity contribution in [3.05, 3.63) is 23.1 Å². The maximum Gasteiger partial charge on any atom is 0.141 e. The molecule has 0 spiro atoms. The number of aromatic nitrogens is 1. The lowest BCUT2D eigenvalue weighted by Crippen LogP contribution is -1.74. The van der Waals surface area contributed by atoms with Gasteiger partial charge < -0.3 is 4.52 Å². The standard InChI is InChI=1S/C8H11NO/c1-4-5-8-6(2)9-10-7(8)3/h4-5H,1-3H3/b5-4-. The zero-order valence-corrected chi connectivity index (χ0v) is 6.51. The molecule has 0 saturated carbocycles. The van der Waals surface area contributed by atoms with Crippen molar-refractivity contribution in [2.45, 2.75) is 20.8 Å². The molecule has 1 aromatic rings. The number of hydrogen-bond acceptors (Lipinski definition) is 2. The van der Waals surface area contributed by atoms with E-state index in [2.05, 4.69) is 5.16 Å². The Kier molecular flexibility index (Phi) is 1.90. The molecule has 0 N–H and O–H groups in total. The summed E-state index contributed by atoms with van der Waals surface area (Å²) in [6, 6.07) is 0. The molecule has 1 heterocycles. The molecule has 1 aromatic heterocycles. The van der Waals surface area contributed by atoms with Crippen LogP contribution in [0.1, 0.15) is 23.9 Å². The summed E-state index contributed by atoms with van der Waals surface area (Å²) in [4.78, 5) is 0. The SMILES string of the molecule is C/C=C\c1c(C)noc1C. The van der Waals surface area contributed by atoms with Gasteiger partial charge in [0.25, 0.3) is 0 Å². The van der Waals surface area contributed by atoms with Gasteiger partial charge in [0.15, 0.2) is 0 Å². The van der Waals surface area contributed by atoms with E-state index in [1.165, 1.54) is 0 Å². The van der Waals surface area contributed by atoms with Gasteiger partial charge >= 0.3 is 0 Å². The number of hydrogen-bond donors (Lipinski definition) is 0. The molecule has 0 atom stereocenters. The van der Waals surface area contributed by atoms with Gasteiger partial charge in [-0.3, -0.25) is 0 Å². The quantitative estimate of drug-likeness (QED) is 0.593. The lowest BCUT2D eigenvalue weighted by Gasteiger charge is -1.85. The molecule has 0 aliphatic rings. The molecule has 1 rings (SSSR count). The van der Waals surface area contributed by atoms with E-state index < -0.39 is 0 Å². The van der Waals surface area contributed by atoms with E-state index in [-0.39, 0.29) is 0 Å². The summed E-state index contributed by atoms with van der Waals surface area (Å²) in [6.45, 7) is 5.83. The second-order valence-electron chi connectivity index (χ2n) is 2.24. The molecule has 2 nitrogen and oxygen atoms in total. The minimum absolute atomic E-state index is 0.885. The second-order valence-corrected chi connectivity index (χ2v) is 2.24. The Labute approximate surface area is 60.5 Å². The van der Waals surface area contributed by atoms with Crippen LogP contribution in [-0.4, -0.2) is 5.16 Å². The van der Waals surface area contributed by atoms with Crippen LogP contribution >= 0.6 is 0 Å². The third kappa shape index (κ3) is 1.10. The van der Waals surface area contributed by atoms with E-state index in [1.807, 2.05) is 32.9 Å². The average molecular weight is 137 g/mol. The van der Waals surface area contributed by atoms with Crippen molar-refractivity contribution in [2.75, 3.05) is 0 Å². The predicted molar refractivity (Wildman–Crippen MR) is 40.7 cm³/mol. The van der Waals surface area contributed by atoms with E-state index >= 15 is 0 Å². The van der Waals surface area contributed by atoms with Crippen LogP contribution < -0.4 is 0 Å². The minimum atomic E-state index is 0.885. The van der Waals surface area contributed by atoms with E-state index in [4.69, 9.17) is 4.52 Å². The molecule has 54 valence electrons. The number of nitrogens with zero attached hydrogens (tertiary/aromatic N) is 1. The predicted octanol–water partition coefficient (Wildman–Crippen LogP) is 2.32. The van der Waals surface area contributed by atoms with Crippen LogP contribution in [0.2, 0.25) is 0 Å². The average Bonchev–Trinajstić information content (AvgIpc) is 2.20. The summed E-state index contributed by atoms with van der Waals surface area (Å²) in [5, 5.41) is 3.81. The molecule has 0 aromatic carbocycles. The Morgan fingerprint density at radius 3 is 2.50 bits per heavy atom. The van der Waals surface area contributed by atoms with Gasteiger partial charge in [-0.25, -0.2) is 0 Å². The van der Waals surface area contributed by atoms with Crippen molar-refractivity contribution in [2.24, 2.45) is 0 Å². The molecule has 0 unspecified atom stereocenters. The van der Waals surface area contributed by atoms with Crippen LogP contribution in [0.25, 0.3) is 6.08 Å². The first-order chi connectivity index (χ1) is 4.75. The van der Waals surface area contributed by atoms with Crippen LogP contribution in [0.5, 0.6) is 0 Å². The van der Waals surface area contributed by atoms with Crippen LogP contribution in [-0.2, 0) is 0 Å². The summed E-state index contributed by atoms with van der Waals surface area (Å²) in [5.74, 6) is 0.885. The highest BCUT2D eigenvalue weighted by atomic mass is 16.5. The lowest BCUT2D eigenvalue weighted by atomic mass is 10.2. The Balaban J connectivity index is 3.10. The minimum Gasteiger partial charge on any atom is -0.361 e. The van der Waals surface area contributed by atoms with E-state index in [1.54, 1.807) is 0 Å². The van der Waals surface area contributed by atoms with Crippen molar-refractivity contribution < 1.29 is 4.52 Å². The Hall–Kier alpha value is -1.05. The number of allylic oxidation sites excluding steroid dienone is 1. The first kappa shape index (κ1) is 7.06. The Morgan fingerprint density at radius 2 is 2.10 bits per heavy atom. The monoisotopic (exact) mass is 137 g/mol. The summed E-state index contributed by atoms with van der Waals surface area (Å²) in [7, 11) is 0. The molecular formula is C8H11NO. The van der Waals surface area contributed by atoms with Crippen LogP contribution in [0.3, 0.4) is 0 Å². The lowest BCUT2D eigenvalue weighted by molar-refractivity contribution is 0.393. The summed E-state index contributed by atoms with van der Waals surface area (Å²) < 4.78 is 4.95. The normalized spacial score (nSPS) is 11.1. The highest BCUT2D eigenvalue weighted by Crippen LogP contribution is 2.13. The van der Waals surface area contributed by atoms with Crippen molar-refractivity contribution >= 4 is 6.08 Å². The topological polar surface area (TPSA) is 26.0 Å². The molecule has 0 radical (unpaired) electrons. The molecule has 0 fully saturated rings. The molecule has 0 aliphatic carbocycles. The van der Waals surface area contributed by atoms with E-state index in [0.29, 0.717) is 0 Å². The number of rotatable bonds is 1. The van der Waals surface area contributed by atoms with Gasteiger partial charge in [0, 0.05) is 5.56 Å². The fourth-order valence-corrected chi connectivity index (χ4v) is 0.895. The van der Waals surface area contributed by atoms with Gasteiger partial charge in [-0.15, -0.1) is 0 Å². The third-order valence-corrected chi connectivity index (χ3v) is 1.42. The Bertz CT molecular complexity index is 228. The van der Waals surface area contributed by atoms with Crippen LogP contribution in [0, 0.1) is 13.8 Å². The summed E-state index contributed by atoms with van der Waals surface area (Å²) in [5.41, 5.74) is 2.05. The molecule has 2 heteroatoms. The zero-order valence-electron chi connectivity index (χ0n) is 6.51. The summed E-state index contributed by atoms with van der Waals surface area (Å²) >= 11 is 0. The van der Waals surface area contributed by atoms with Gasteiger partial charge in [0.2, 0.25) is 0 Å². The maximum atomic E-state index is 4.95.